The van der Waals surface area contributed by atoms with E-state index in [4.69, 9.17) is 15.2 Å². The Kier molecular flexibility index (Phi) is 4.04. The maximum Gasteiger partial charge on any atom is 0.258 e. The van der Waals surface area contributed by atoms with Gasteiger partial charge < -0.3 is 20.5 Å². The molecule has 5 heteroatoms. The number of hydrogen-bond acceptors (Lipinski definition) is 4. The summed E-state index contributed by atoms with van der Waals surface area (Å²) < 4.78 is 10.6. The van der Waals surface area contributed by atoms with Gasteiger partial charge in [-0.1, -0.05) is 6.07 Å². The smallest absolute Gasteiger partial charge is 0.258 e. The Balaban J connectivity index is 1.95. The fraction of sp³-hybridized carbons (Fsp3) is 0.462. The predicted molar refractivity (Wildman–Crippen MR) is 67.5 cm³/mol. The molecule has 1 fully saturated rings. The van der Waals surface area contributed by atoms with Gasteiger partial charge in [-0.15, -0.1) is 0 Å². The lowest BCUT2D eigenvalue weighted by atomic mass is 10.2. The second kappa shape index (κ2) is 5.73. The number of nitrogens with one attached hydrogen (secondary N) is 1. The van der Waals surface area contributed by atoms with E-state index < -0.39 is 0 Å². The average Bonchev–Trinajstić information content (AvgIpc) is 3.19. The number of nitrogens with two attached hydrogens (primary N) is 1. The van der Waals surface area contributed by atoms with E-state index in [1.165, 1.54) is 0 Å². The van der Waals surface area contributed by atoms with Crippen LogP contribution in [0, 0.1) is 0 Å². The topological polar surface area (TPSA) is 73.6 Å². The molecular weight excluding hydrogens is 232 g/mol. The number of benzene rings is 1. The van der Waals surface area contributed by atoms with Crippen molar-refractivity contribution in [3.63, 3.8) is 0 Å². The van der Waals surface area contributed by atoms with Gasteiger partial charge >= 0.3 is 0 Å². The first-order valence-electron chi connectivity index (χ1n) is 6.02. The number of carbonyl (C=O) groups is 1. The molecule has 0 saturated heterocycles. The van der Waals surface area contributed by atoms with E-state index in [9.17, 15) is 4.79 Å². The zero-order valence-electron chi connectivity index (χ0n) is 10.4. The van der Waals surface area contributed by atoms with Crippen molar-refractivity contribution in [2.45, 2.75) is 25.4 Å². The van der Waals surface area contributed by atoms with Crippen molar-refractivity contribution in [2.75, 3.05) is 13.7 Å². The molecule has 1 saturated carbocycles. The van der Waals surface area contributed by atoms with Gasteiger partial charge in [0.05, 0.1) is 7.11 Å². The van der Waals surface area contributed by atoms with E-state index in [-0.39, 0.29) is 12.5 Å². The number of ether oxygens (including phenoxy) is 2. The highest BCUT2D eigenvalue weighted by Gasteiger charge is 2.23. The van der Waals surface area contributed by atoms with Gasteiger partial charge in [0.15, 0.2) is 6.61 Å². The molecule has 1 aliphatic carbocycles. The lowest BCUT2D eigenvalue weighted by Crippen LogP contribution is -2.30. The first-order chi connectivity index (χ1) is 8.72. The molecule has 1 aromatic carbocycles. The molecule has 5 nitrogen and oxygen atoms in total. The first kappa shape index (κ1) is 12.7. The van der Waals surface area contributed by atoms with Crippen LogP contribution in [0.25, 0.3) is 0 Å². The molecule has 98 valence electrons. The zero-order valence-corrected chi connectivity index (χ0v) is 10.4. The van der Waals surface area contributed by atoms with Crippen molar-refractivity contribution < 1.29 is 14.3 Å². The molecule has 0 aromatic heterocycles. The van der Waals surface area contributed by atoms with Gasteiger partial charge in [0.25, 0.3) is 5.91 Å². The molecule has 3 N–H and O–H groups in total. The fourth-order valence-corrected chi connectivity index (χ4v) is 1.61. The van der Waals surface area contributed by atoms with Crippen molar-refractivity contribution >= 4 is 5.91 Å². The third-order valence-corrected chi connectivity index (χ3v) is 2.80. The summed E-state index contributed by atoms with van der Waals surface area (Å²) in [6.07, 6.45) is 2.14. The fourth-order valence-electron chi connectivity index (χ4n) is 1.61. The summed E-state index contributed by atoms with van der Waals surface area (Å²) in [7, 11) is 1.58. The molecule has 1 aliphatic rings. The van der Waals surface area contributed by atoms with Gasteiger partial charge in [0, 0.05) is 24.2 Å². The Hall–Kier alpha value is -1.75. The standard InChI is InChI=1S/C13H18N2O3/c1-17-11-5-2-9(7-14)12(6-11)18-8-13(16)15-10-3-4-10/h2,5-6,10H,3-4,7-8,14H2,1H3,(H,15,16). The summed E-state index contributed by atoms with van der Waals surface area (Å²) >= 11 is 0. The normalized spacial score (nSPS) is 14.1. The Bertz CT molecular complexity index is 430. The van der Waals surface area contributed by atoms with Crippen LogP contribution in [0.1, 0.15) is 18.4 Å². The molecule has 0 heterocycles. The van der Waals surface area contributed by atoms with E-state index in [0.717, 1.165) is 18.4 Å². The van der Waals surface area contributed by atoms with Gasteiger partial charge in [0.1, 0.15) is 11.5 Å². The number of methoxy groups -OCH3 is 1. The van der Waals surface area contributed by atoms with E-state index in [0.29, 0.717) is 24.1 Å². The number of carbonyl (C=O) groups excluding carboxylic acids is 1. The number of amides is 1. The largest absolute Gasteiger partial charge is 0.497 e. The highest BCUT2D eigenvalue weighted by molar-refractivity contribution is 5.78. The Morgan fingerprint density at radius 3 is 2.89 bits per heavy atom. The van der Waals surface area contributed by atoms with Crippen LogP contribution < -0.4 is 20.5 Å². The lowest BCUT2D eigenvalue weighted by Gasteiger charge is -2.11. The molecule has 0 unspecified atom stereocenters. The predicted octanol–water partition coefficient (Wildman–Crippen LogP) is 0.811. The zero-order chi connectivity index (χ0) is 13.0. The summed E-state index contributed by atoms with van der Waals surface area (Å²) in [5, 5.41) is 2.86. The summed E-state index contributed by atoms with van der Waals surface area (Å²) in [6, 6.07) is 5.75. The van der Waals surface area contributed by atoms with Crippen molar-refractivity contribution in [3.05, 3.63) is 23.8 Å². The molecular formula is C13H18N2O3. The first-order valence-corrected chi connectivity index (χ1v) is 6.02. The maximum absolute atomic E-state index is 11.5. The third kappa shape index (κ3) is 3.37. The minimum Gasteiger partial charge on any atom is -0.497 e. The van der Waals surface area contributed by atoms with E-state index in [1.54, 1.807) is 13.2 Å². The molecule has 0 spiro atoms. The van der Waals surface area contributed by atoms with Gasteiger partial charge in [-0.25, -0.2) is 0 Å². The average molecular weight is 250 g/mol. The Labute approximate surface area is 106 Å². The monoisotopic (exact) mass is 250 g/mol. The van der Waals surface area contributed by atoms with Gasteiger partial charge in [-0.05, 0) is 18.9 Å². The van der Waals surface area contributed by atoms with Crippen LogP contribution in [0.4, 0.5) is 0 Å². The van der Waals surface area contributed by atoms with Crippen LogP contribution in [0.15, 0.2) is 18.2 Å². The lowest BCUT2D eigenvalue weighted by molar-refractivity contribution is -0.123. The highest BCUT2D eigenvalue weighted by atomic mass is 16.5. The van der Waals surface area contributed by atoms with Crippen LogP contribution in [0.3, 0.4) is 0 Å². The van der Waals surface area contributed by atoms with E-state index in [2.05, 4.69) is 5.32 Å². The summed E-state index contributed by atoms with van der Waals surface area (Å²) in [5.41, 5.74) is 6.47. The Morgan fingerprint density at radius 1 is 1.50 bits per heavy atom. The van der Waals surface area contributed by atoms with Crippen molar-refractivity contribution in [1.29, 1.82) is 0 Å². The maximum atomic E-state index is 11.5. The van der Waals surface area contributed by atoms with Crippen molar-refractivity contribution in [2.24, 2.45) is 5.73 Å². The van der Waals surface area contributed by atoms with Gasteiger partial charge in [0.2, 0.25) is 0 Å². The van der Waals surface area contributed by atoms with Crippen LogP contribution in [-0.2, 0) is 11.3 Å². The number of rotatable bonds is 6. The third-order valence-electron chi connectivity index (χ3n) is 2.80. The van der Waals surface area contributed by atoms with E-state index >= 15 is 0 Å². The minimum atomic E-state index is -0.0942. The Morgan fingerprint density at radius 2 is 2.28 bits per heavy atom. The number of hydrogen-bond donors (Lipinski definition) is 2. The van der Waals surface area contributed by atoms with Gasteiger partial charge in [-0.2, -0.15) is 0 Å². The van der Waals surface area contributed by atoms with E-state index in [1.807, 2.05) is 12.1 Å². The highest BCUT2D eigenvalue weighted by Crippen LogP contribution is 2.24. The minimum absolute atomic E-state index is 0.0106. The van der Waals surface area contributed by atoms with Crippen molar-refractivity contribution in [3.8, 4) is 11.5 Å². The molecule has 18 heavy (non-hydrogen) atoms. The molecule has 0 aliphatic heterocycles. The molecule has 1 amide bonds. The quantitative estimate of drug-likeness (QED) is 0.783. The molecule has 2 rings (SSSR count). The second-order valence-electron chi connectivity index (χ2n) is 4.31. The second-order valence-corrected chi connectivity index (χ2v) is 4.31. The molecule has 0 radical (unpaired) electrons. The molecule has 0 atom stereocenters. The molecule has 1 aromatic rings. The summed E-state index contributed by atoms with van der Waals surface area (Å²) in [6.45, 7) is 0.375. The van der Waals surface area contributed by atoms with Crippen LogP contribution in [0.2, 0.25) is 0 Å². The van der Waals surface area contributed by atoms with Crippen LogP contribution in [-0.4, -0.2) is 25.7 Å². The summed E-state index contributed by atoms with van der Waals surface area (Å²) in [4.78, 5) is 11.5. The van der Waals surface area contributed by atoms with Crippen LogP contribution >= 0.6 is 0 Å². The van der Waals surface area contributed by atoms with Gasteiger partial charge in [-0.3, -0.25) is 4.79 Å². The SMILES string of the molecule is COc1ccc(CN)c(OCC(=O)NC2CC2)c1. The molecule has 0 bridgehead atoms. The van der Waals surface area contributed by atoms with Crippen LogP contribution in [0.5, 0.6) is 11.5 Å². The van der Waals surface area contributed by atoms with Crippen molar-refractivity contribution in [1.82, 2.24) is 5.32 Å². The summed E-state index contributed by atoms with van der Waals surface area (Å²) in [5.74, 6) is 1.19.